The largest absolute Gasteiger partial charge is 0.457 e. The lowest BCUT2D eigenvalue weighted by Gasteiger charge is -2.39. The van der Waals surface area contributed by atoms with Crippen LogP contribution in [0.25, 0.3) is 11.3 Å². The first-order valence-electron chi connectivity index (χ1n) is 12.7. The van der Waals surface area contributed by atoms with Gasteiger partial charge in [-0.05, 0) is 31.9 Å². The average molecular weight is 575 g/mol. The average Bonchev–Trinajstić information content (AvgIpc) is 3.39. The number of halogens is 1. The predicted molar refractivity (Wildman–Crippen MR) is 149 cm³/mol. The second-order valence-electron chi connectivity index (χ2n) is 9.95. The van der Waals surface area contributed by atoms with Gasteiger partial charge in [0.1, 0.15) is 16.7 Å². The number of hydrogen-bond acceptors (Lipinski definition) is 9. The highest BCUT2D eigenvalue weighted by atomic mass is 32.2. The predicted octanol–water partition coefficient (Wildman–Crippen LogP) is 4.03. The molecule has 0 amide bonds. The molecule has 3 heterocycles. The first kappa shape index (κ1) is 27.5. The van der Waals surface area contributed by atoms with Crippen molar-refractivity contribution in [3.63, 3.8) is 0 Å². The summed E-state index contributed by atoms with van der Waals surface area (Å²) in [4.78, 5) is 11.3. The van der Waals surface area contributed by atoms with Gasteiger partial charge in [-0.2, -0.15) is 0 Å². The summed E-state index contributed by atoms with van der Waals surface area (Å²) in [7, 11) is -3.97. The topological polar surface area (TPSA) is 113 Å². The molecule has 12 heteroatoms. The molecule has 0 saturated carbocycles. The number of aromatic nitrogens is 1. The molecule has 2 aliphatic rings. The first-order valence-corrected chi connectivity index (χ1v) is 15.1. The fraction of sp³-hybridized carbons (Fsp3) is 0.407. The number of aliphatic hydroxyl groups is 1. The van der Waals surface area contributed by atoms with E-state index in [1.54, 1.807) is 55.5 Å². The minimum atomic E-state index is -3.97. The SMILES string of the molecule is CC1(C)OC(=NC(CCO)c2ccccc2F)NS(=O)(=O)C1c1ccc(-c2csc(N3CCOCC3)n2)cc1. The number of ether oxygens (including phenoxy) is 2. The number of sulfonamides is 1. The van der Waals surface area contributed by atoms with Gasteiger partial charge in [0.25, 0.3) is 6.02 Å². The van der Waals surface area contributed by atoms with Gasteiger partial charge in [-0.15, -0.1) is 11.3 Å². The standard InChI is InChI=1S/C27H31FN4O5S2/c1-27(2)24(19-9-7-18(8-10-19)23-17-38-26(30-23)32-12-15-36-16-13-32)39(34,35)31-25(37-27)29-22(11-14-33)20-5-3-4-6-21(20)28/h3-10,17,22,24,33H,11-16H2,1-2H3,(H,29,31). The Hall–Kier alpha value is -3.06. The lowest BCUT2D eigenvalue weighted by molar-refractivity contribution is 0.0758. The van der Waals surface area contributed by atoms with Crippen LogP contribution in [0.5, 0.6) is 0 Å². The Morgan fingerprint density at radius 1 is 1.21 bits per heavy atom. The monoisotopic (exact) mass is 574 g/mol. The van der Waals surface area contributed by atoms with Crippen molar-refractivity contribution in [2.45, 2.75) is 37.2 Å². The van der Waals surface area contributed by atoms with E-state index in [9.17, 15) is 17.9 Å². The zero-order valence-electron chi connectivity index (χ0n) is 21.7. The van der Waals surface area contributed by atoms with Crippen molar-refractivity contribution in [3.8, 4) is 11.3 Å². The smallest absolute Gasteiger partial charge is 0.299 e. The van der Waals surface area contributed by atoms with Gasteiger partial charge in [0, 0.05) is 36.2 Å². The molecule has 0 radical (unpaired) electrons. The fourth-order valence-corrected chi connectivity index (χ4v) is 7.59. The van der Waals surface area contributed by atoms with Crippen molar-refractivity contribution in [2.75, 3.05) is 37.8 Å². The number of nitrogens with one attached hydrogen (secondary N) is 1. The maximum atomic E-state index is 14.4. The Balaban J connectivity index is 1.37. The molecule has 2 atom stereocenters. The van der Waals surface area contributed by atoms with Crippen LogP contribution in [0.2, 0.25) is 0 Å². The van der Waals surface area contributed by atoms with Gasteiger partial charge in [0.2, 0.25) is 10.0 Å². The van der Waals surface area contributed by atoms with Gasteiger partial charge in [-0.3, -0.25) is 0 Å². The summed E-state index contributed by atoms with van der Waals surface area (Å²) in [5.74, 6) is -0.492. The van der Waals surface area contributed by atoms with Gasteiger partial charge in [0.15, 0.2) is 5.13 Å². The lowest BCUT2D eigenvalue weighted by atomic mass is 9.96. The third kappa shape index (κ3) is 5.93. The number of aliphatic hydroxyl groups excluding tert-OH is 1. The number of nitrogens with zero attached hydrogens (tertiary/aromatic N) is 3. The molecule has 2 saturated heterocycles. The lowest BCUT2D eigenvalue weighted by Crippen LogP contribution is -2.53. The summed E-state index contributed by atoms with van der Waals surface area (Å²) in [6.45, 7) is 6.08. The molecule has 2 unspecified atom stereocenters. The molecule has 3 aromatic rings. The van der Waals surface area contributed by atoms with Crippen molar-refractivity contribution >= 4 is 32.5 Å². The number of anilines is 1. The van der Waals surface area contributed by atoms with Crippen molar-refractivity contribution < 1.29 is 27.4 Å². The highest BCUT2D eigenvalue weighted by molar-refractivity contribution is 7.90. The normalized spacial score (nSPS) is 22.2. The summed E-state index contributed by atoms with van der Waals surface area (Å²) in [5, 5.41) is 11.4. The zero-order valence-corrected chi connectivity index (χ0v) is 23.3. The molecule has 39 heavy (non-hydrogen) atoms. The summed E-state index contributed by atoms with van der Waals surface area (Å²) in [6, 6.07) is 12.3. The maximum absolute atomic E-state index is 14.4. The molecular formula is C27H31FN4O5S2. The number of benzene rings is 2. The second-order valence-corrected chi connectivity index (χ2v) is 12.6. The van der Waals surface area contributed by atoms with Gasteiger partial charge >= 0.3 is 0 Å². The molecule has 5 rings (SSSR count). The van der Waals surface area contributed by atoms with Crippen LogP contribution in [0.4, 0.5) is 9.52 Å². The quantitative estimate of drug-likeness (QED) is 0.438. The molecular weight excluding hydrogens is 543 g/mol. The molecule has 2 aromatic carbocycles. The number of rotatable bonds is 7. The molecule has 208 valence electrons. The summed E-state index contributed by atoms with van der Waals surface area (Å²) >= 11 is 1.57. The summed E-state index contributed by atoms with van der Waals surface area (Å²) in [6.07, 6.45) is 0.102. The molecule has 1 aromatic heterocycles. The Morgan fingerprint density at radius 3 is 2.59 bits per heavy atom. The van der Waals surface area contributed by atoms with Crippen molar-refractivity contribution in [1.29, 1.82) is 0 Å². The highest BCUT2D eigenvalue weighted by Gasteiger charge is 2.48. The first-order chi connectivity index (χ1) is 18.7. The van der Waals surface area contributed by atoms with E-state index in [2.05, 4.69) is 14.6 Å². The molecule has 9 nitrogen and oxygen atoms in total. The Morgan fingerprint density at radius 2 is 1.92 bits per heavy atom. The van der Waals surface area contributed by atoms with E-state index < -0.39 is 32.7 Å². The van der Waals surface area contributed by atoms with E-state index >= 15 is 0 Å². The third-order valence-corrected chi connectivity index (χ3v) is 9.57. The van der Waals surface area contributed by atoms with Crippen LogP contribution < -0.4 is 9.62 Å². The molecule has 0 aliphatic carbocycles. The minimum Gasteiger partial charge on any atom is -0.457 e. The molecule has 2 N–H and O–H groups in total. The third-order valence-electron chi connectivity index (χ3n) is 6.75. The van der Waals surface area contributed by atoms with Gasteiger partial charge in [0.05, 0.1) is 24.9 Å². The van der Waals surface area contributed by atoms with Crippen LogP contribution >= 0.6 is 11.3 Å². The van der Waals surface area contributed by atoms with Crippen LogP contribution in [0, 0.1) is 5.82 Å². The van der Waals surface area contributed by atoms with E-state index in [1.165, 1.54) is 6.07 Å². The number of aliphatic imine (C=N–C) groups is 1. The van der Waals surface area contributed by atoms with Crippen molar-refractivity contribution in [1.82, 2.24) is 9.71 Å². The Bertz CT molecular complexity index is 1440. The zero-order chi connectivity index (χ0) is 27.6. The van der Waals surface area contributed by atoms with Gasteiger partial charge in [-0.25, -0.2) is 27.5 Å². The van der Waals surface area contributed by atoms with E-state index in [-0.39, 0.29) is 24.6 Å². The number of morpholine rings is 1. The van der Waals surface area contributed by atoms with Gasteiger partial charge in [-0.1, -0.05) is 42.5 Å². The van der Waals surface area contributed by atoms with Crippen LogP contribution in [0.15, 0.2) is 58.9 Å². The Labute approximate surface area is 231 Å². The summed E-state index contributed by atoms with van der Waals surface area (Å²) in [5.41, 5.74) is 1.32. The molecule has 0 spiro atoms. The number of thiazole rings is 1. The fourth-order valence-electron chi connectivity index (χ4n) is 4.94. The molecule has 2 aliphatic heterocycles. The maximum Gasteiger partial charge on any atom is 0.299 e. The minimum absolute atomic E-state index is 0.102. The number of amidine groups is 1. The molecule has 2 fully saturated rings. The van der Waals surface area contributed by atoms with Crippen molar-refractivity contribution in [2.24, 2.45) is 4.99 Å². The number of hydrogen-bond donors (Lipinski definition) is 2. The van der Waals surface area contributed by atoms with E-state index in [4.69, 9.17) is 14.5 Å². The van der Waals surface area contributed by atoms with Crippen LogP contribution in [0.3, 0.4) is 0 Å². The highest BCUT2D eigenvalue weighted by Crippen LogP contribution is 2.40. The van der Waals surface area contributed by atoms with E-state index in [0.29, 0.717) is 18.8 Å². The van der Waals surface area contributed by atoms with Crippen molar-refractivity contribution in [3.05, 3.63) is 70.9 Å². The molecule has 0 bridgehead atoms. The Kier molecular flexibility index (Phi) is 7.90. The summed E-state index contributed by atoms with van der Waals surface area (Å²) < 4.78 is 55.2. The van der Waals surface area contributed by atoms with Crippen LogP contribution in [0.1, 0.15) is 42.7 Å². The van der Waals surface area contributed by atoms with E-state index in [0.717, 1.165) is 29.5 Å². The van der Waals surface area contributed by atoms with E-state index in [1.807, 2.05) is 17.5 Å². The van der Waals surface area contributed by atoms with Gasteiger partial charge < -0.3 is 19.5 Å². The second kappa shape index (κ2) is 11.2. The van der Waals surface area contributed by atoms with Crippen LogP contribution in [-0.4, -0.2) is 63.0 Å². The van der Waals surface area contributed by atoms with Crippen LogP contribution in [-0.2, 0) is 19.5 Å².